The molecule has 9 heteroatoms. The molecule has 0 aliphatic carbocycles. The first-order valence-corrected chi connectivity index (χ1v) is 11.5. The summed E-state index contributed by atoms with van der Waals surface area (Å²) < 4.78 is 5.46. The van der Waals surface area contributed by atoms with E-state index in [0.29, 0.717) is 0 Å². The third-order valence-electron chi connectivity index (χ3n) is 6.52. The Hall–Kier alpha value is -2.68. The Morgan fingerprint density at radius 2 is 1.16 bits per heavy atom. The lowest BCUT2D eigenvalue weighted by molar-refractivity contribution is 0.122. The van der Waals surface area contributed by atoms with E-state index < -0.39 is 0 Å². The number of anilines is 4. The number of piperazine rings is 1. The van der Waals surface area contributed by atoms with E-state index in [0.717, 1.165) is 94.8 Å². The number of morpholine rings is 1. The Bertz CT molecular complexity index is 866. The molecule has 3 fully saturated rings. The van der Waals surface area contributed by atoms with Gasteiger partial charge < -0.3 is 24.3 Å². The summed E-state index contributed by atoms with van der Waals surface area (Å²) in [5.41, 5.74) is 0. The Kier molecular flexibility index (Phi) is 6.01. The molecule has 3 aliphatic heterocycles. The zero-order valence-corrected chi connectivity index (χ0v) is 18.4. The number of aromatic nitrogens is 4. The minimum Gasteiger partial charge on any atom is -0.378 e. The number of rotatable bonds is 4. The van der Waals surface area contributed by atoms with Gasteiger partial charge in [0, 0.05) is 64.5 Å². The van der Waals surface area contributed by atoms with Crippen LogP contribution in [-0.2, 0) is 4.74 Å². The SMILES string of the molecule is CC1CCCN(c2cc(N3CCN(c4cc(N5CCOCC5)ncn4)CC3)ncn2)C1. The van der Waals surface area contributed by atoms with Gasteiger partial charge in [0.25, 0.3) is 0 Å². The summed E-state index contributed by atoms with van der Waals surface area (Å²) in [6.07, 6.45) is 5.95. The Morgan fingerprint density at radius 1 is 0.677 bits per heavy atom. The molecule has 1 atom stereocenters. The van der Waals surface area contributed by atoms with Crippen LogP contribution in [0.25, 0.3) is 0 Å². The Morgan fingerprint density at radius 3 is 1.68 bits per heavy atom. The Balaban J connectivity index is 1.22. The van der Waals surface area contributed by atoms with Crippen LogP contribution < -0.4 is 19.6 Å². The van der Waals surface area contributed by atoms with Crippen molar-refractivity contribution in [3.63, 3.8) is 0 Å². The van der Waals surface area contributed by atoms with Crippen LogP contribution in [0.1, 0.15) is 19.8 Å². The summed E-state index contributed by atoms with van der Waals surface area (Å²) in [6, 6.07) is 4.27. The molecule has 0 N–H and O–H groups in total. The lowest BCUT2D eigenvalue weighted by atomic mass is 10.0. The second-order valence-corrected chi connectivity index (χ2v) is 8.74. The molecule has 3 saturated heterocycles. The summed E-state index contributed by atoms with van der Waals surface area (Å²) in [7, 11) is 0. The van der Waals surface area contributed by atoms with E-state index in [-0.39, 0.29) is 0 Å². The van der Waals surface area contributed by atoms with E-state index in [2.05, 4.69) is 58.6 Å². The number of ether oxygens (including phenoxy) is 1. The van der Waals surface area contributed by atoms with Gasteiger partial charge in [0.1, 0.15) is 35.9 Å². The first-order chi connectivity index (χ1) is 15.3. The number of piperidine rings is 1. The average Bonchev–Trinajstić information content (AvgIpc) is 2.85. The maximum Gasteiger partial charge on any atom is 0.134 e. The van der Waals surface area contributed by atoms with Crippen molar-refractivity contribution in [2.45, 2.75) is 19.8 Å². The van der Waals surface area contributed by atoms with Gasteiger partial charge in [-0.3, -0.25) is 0 Å². The van der Waals surface area contributed by atoms with E-state index in [1.165, 1.54) is 12.8 Å². The van der Waals surface area contributed by atoms with Crippen molar-refractivity contribution in [3.8, 4) is 0 Å². The third-order valence-corrected chi connectivity index (χ3v) is 6.52. The van der Waals surface area contributed by atoms with Crippen LogP contribution in [0, 0.1) is 5.92 Å². The summed E-state index contributed by atoms with van der Waals surface area (Å²) >= 11 is 0. The largest absolute Gasteiger partial charge is 0.378 e. The first-order valence-electron chi connectivity index (χ1n) is 11.5. The molecule has 9 nitrogen and oxygen atoms in total. The zero-order chi connectivity index (χ0) is 21.0. The van der Waals surface area contributed by atoms with Crippen LogP contribution in [0.5, 0.6) is 0 Å². The smallest absolute Gasteiger partial charge is 0.134 e. The number of nitrogens with zero attached hydrogens (tertiary/aromatic N) is 8. The van der Waals surface area contributed by atoms with Crippen LogP contribution in [0.4, 0.5) is 23.3 Å². The number of hydrogen-bond acceptors (Lipinski definition) is 9. The fraction of sp³-hybridized carbons (Fsp3) is 0.636. The van der Waals surface area contributed by atoms with Crippen LogP contribution in [-0.4, -0.2) is 85.5 Å². The van der Waals surface area contributed by atoms with Crippen LogP contribution in [0.15, 0.2) is 24.8 Å². The van der Waals surface area contributed by atoms with Gasteiger partial charge in [-0.2, -0.15) is 0 Å². The van der Waals surface area contributed by atoms with Gasteiger partial charge in [0.2, 0.25) is 0 Å². The predicted molar refractivity (Wildman–Crippen MR) is 122 cm³/mol. The molecule has 0 saturated carbocycles. The van der Waals surface area contributed by atoms with E-state index in [1.807, 2.05) is 0 Å². The van der Waals surface area contributed by atoms with Crippen LogP contribution in [0.2, 0.25) is 0 Å². The molecular formula is C22H32N8O. The summed E-state index contributed by atoms with van der Waals surface area (Å²) in [5.74, 6) is 4.81. The predicted octanol–water partition coefficient (Wildman–Crippen LogP) is 1.67. The normalized spacial score (nSPS) is 22.7. The third kappa shape index (κ3) is 4.66. The van der Waals surface area contributed by atoms with Crippen LogP contribution >= 0.6 is 0 Å². The molecule has 3 aliphatic rings. The van der Waals surface area contributed by atoms with Crippen molar-refractivity contribution in [1.82, 2.24) is 19.9 Å². The summed E-state index contributed by atoms with van der Waals surface area (Å²) in [5, 5.41) is 0. The zero-order valence-electron chi connectivity index (χ0n) is 18.4. The maximum atomic E-state index is 5.46. The van der Waals surface area contributed by atoms with Crippen molar-refractivity contribution in [1.29, 1.82) is 0 Å². The van der Waals surface area contributed by atoms with Gasteiger partial charge in [-0.1, -0.05) is 6.92 Å². The minimum absolute atomic E-state index is 0.728. The van der Waals surface area contributed by atoms with Gasteiger partial charge in [0.15, 0.2) is 0 Å². The maximum absolute atomic E-state index is 5.46. The highest BCUT2D eigenvalue weighted by atomic mass is 16.5. The Labute approximate surface area is 184 Å². The molecule has 5 heterocycles. The van der Waals surface area contributed by atoms with Crippen LogP contribution in [0.3, 0.4) is 0 Å². The molecule has 0 radical (unpaired) electrons. The molecule has 2 aromatic heterocycles. The van der Waals surface area contributed by atoms with Gasteiger partial charge in [-0.05, 0) is 18.8 Å². The highest BCUT2D eigenvalue weighted by Gasteiger charge is 2.23. The minimum atomic E-state index is 0.728. The molecule has 0 aromatic carbocycles. The van der Waals surface area contributed by atoms with Crippen molar-refractivity contribution in [2.75, 3.05) is 85.2 Å². The van der Waals surface area contributed by atoms with Gasteiger partial charge in [-0.25, -0.2) is 19.9 Å². The van der Waals surface area contributed by atoms with E-state index in [9.17, 15) is 0 Å². The quantitative estimate of drug-likeness (QED) is 0.728. The number of hydrogen-bond donors (Lipinski definition) is 0. The van der Waals surface area contributed by atoms with Gasteiger partial charge in [-0.15, -0.1) is 0 Å². The highest BCUT2D eigenvalue weighted by Crippen LogP contribution is 2.25. The second-order valence-electron chi connectivity index (χ2n) is 8.74. The lowest BCUT2D eigenvalue weighted by Gasteiger charge is -2.37. The van der Waals surface area contributed by atoms with E-state index in [4.69, 9.17) is 4.74 Å². The van der Waals surface area contributed by atoms with Gasteiger partial charge >= 0.3 is 0 Å². The molecule has 31 heavy (non-hydrogen) atoms. The monoisotopic (exact) mass is 424 g/mol. The van der Waals surface area contributed by atoms with Crippen molar-refractivity contribution >= 4 is 23.3 Å². The molecular weight excluding hydrogens is 392 g/mol. The summed E-state index contributed by atoms with van der Waals surface area (Å²) in [6.45, 7) is 11.5. The lowest BCUT2D eigenvalue weighted by Crippen LogP contribution is -2.47. The molecule has 166 valence electrons. The second kappa shape index (κ2) is 9.21. The standard InChI is InChI=1S/C22H32N8O/c1-18-3-2-4-30(15-18)22-14-20(24-17-26-22)28-7-5-27(6-8-28)19-13-21(25-16-23-19)29-9-11-31-12-10-29/h13-14,16-18H,2-12,15H2,1H3. The topological polar surface area (TPSA) is 73.8 Å². The molecule has 5 rings (SSSR count). The van der Waals surface area contributed by atoms with E-state index >= 15 is 0 Å². The molecule has 2 aromatic rings. The van der Waals surface area contributed by atoms with Crippen molar-refractivity contribution in [2.24, 2.45) is 5.92 Å². The molecule has 0 amide bonds. The fourth-order valence-electron chi connectivity index (χ4n) is 4.72. The average molecular weight is 425 g/mol. The van der Waals surface area contributed by atoms with E-state index in [1.54, 1.807) is 12.7 Å². The van der Waals surface area contributed by atoms with Gasteiger partial charge in [0.05, 0.1) is 13.2 Å². The highest BCUT2D eigenvalue weighted by molar-refractivity contribution is 5.54. The van der Waals surface area contributed by atoms with Crippen molar-refractivity contribution in [3.05, 3.63) is 24.8 Å². The first kappa shape index (κ1) is 20.2. The van der Waals surface area contributed by atoms with Crippen molar-refractivity contribution < 1.29 is 4.74 Å². The molecule has 0 spiro atoms. The molecule has 1 unspecified atom stereocenters. The molecule has 0 bridgehead atoms. The fourth-order valence-corrected chi connectivity index (χ4v) is 4.72. The summed E-state index contributed by atoms with van der Waals surface area (Å²) in [4.78, 5) is 27.5.